The van der Waals surface area contributed by atoms with Crippen LogP contribution in [0.1, 0.15) is 50.9 Å². The van der Waals surface area contributed by atoms with Crippen LogP contribution in [0.3, 0.4) is 0 Å². The maximum Gasteiger partial charge on any atom is 0.508 e. The van der Waals surface area contributed by atoms with E-state index < -0.39 is 87.9 Å². The molecule has 0 aromatic heterocycles. The number of ether oxygens (including phenoxy) is 4. The van der Waals surface area contributed by atoms with Gasteiger partial charge >= 0.3 is 12.1 Å². The van der Waals surface area contributed by atoms with Crippen LogP contribution in [0, 0.1) is 28.6 Å². The molecule has 1 saturated heterocycles. The minimum absolute atomic E-state index is 0.150. The van der Waals surface area contributed by atoms with Crippen molar-refractivity contribution in [2.75, 3.05) is 13.7 Å². The third kappa shape index (κ3) is 3.64. The van der Waals surface area contributed by atoms with E-state index in [1.807, 2.05) is 0 Å². The van der Waals surface area contributed by atoms with Crippen LogP contribution in [-0.2, 0) is 28.5 Å². The third-order valence-corrected chi connectivity index (χ3v) is 10.4. The van der Waals surface area contributed by atoms with Crippen molar-refractivity contribution < 1.29 is 53.4 Å². The Balaban J connectivity index is 1.79. The molecule has 0 amide bonds. The average molecular weight is 561 g/mol. The molecule has 3 aliphatic carbocycles. The number of esters is 1. The van der Waals surface area contributed by atoms with Crippen LogP contribution in [0.15, 0.2) is 30.3 Å². The normalized spacial score (nSPS) is 43.6. The molecule has 10 atom stereocenters. The van der Waals surface area contributed by atoms with Crippen LogP contribution in [0.25, 0.3) is 0 Å². The van der Waals surface area contributed by atoms with E-state index in [1.54, 1.807) is 39.0 Å². The second-order valence-electron chi connectivity index (χ2n) is 12.5. The Morgan fingerprint density at radius 1 is 1.07 bits per heavy atom. The van der Waals surface area contributed by atoms with Crippen LogP contribution < -0.4 is 0 Å². The molecule has 218 valence electrons. The summed E-state index contributed by atoms with van der Waals surface area (Å²) in [5.41, 5.74) is -7.03. The van der Waals surface area contributed by atoms with Crippen molar-refractivity contribution in [2.45, 2.75) is 76.2 Å². The zero-order valence-corrected chi connectivity index (χ0v) is 23.2. The summed E-state index contributed by atoms with van der Waals surface area (Å²) in [5.74, 6) is -5.99. The SMILES string of the molecule is COC(=O)O[C@@]12CO[C@@H]1C[C@H](O)[C@@]1(C)C(=O)C(=O)C3C(C)[C@@H](O)C[C@@](O)([C@@H](OC(=O)c4ccccc4)C12)C3(C)C. The fourth-order valence-electron chi connectivity index (χ4n) is 7.88. The Kier molecular flexibility index (Phi) is 6.69. The number of rotatable bonds is 3. The number of methoxy groups -OCH3 is 1. The van der Waals surface area contributed by atoms with E-state index in [1.165, 1.54) is 19.1 Å². The van der Waals surface area contributed by atoms with Gasteiger partial charge in [-0.15, -0.1) is 0 Å². The van der Waals surface area contributed by atoms with Gasteiger partial charge in [0.15, 0.2) is 5.60 Å². The summed E-state index contributed by atoms with van der Waals surface area (Å²) < 4.78 is 22.4. The van der Waals surface area contributed by atoms with E-state index in [2.05, 4.69) is 0 Å². The van der Waals surface area contributed by atoms with Gasteiger partial charge in [-0.05, 0) is 25.0 Å². The van der Waals surface area contributed by atoms with Crippen molar-refractivity contribution in [1.29, 1.82) is 0 Å². The van der Waals surface area contributed by atoms with Crippen LogP contribution in [0.4, 0.5) is 4.79 Å². The van der Waals surface area contributed by atoms with E-state index in [4.69, 9.17) is 18.9 Å². The fourth-order valence-corrected chi connectivity index (χ4v) is 7.88. The largest absolute Gasteiger partial charge is 0.508 e. The summed E-state index contributed by atoms with van der Waals surface area (Å²) in [6.45, 7) is 5.93. The van der Waals surface area contributed by atoms with E-state index in [0.717, 1.165) is 7.11 Å². The maximum atomic E-state index is 14.3. The van der Waals surface area contributed by atoms with E-state index >= 15 is 0 Å². The van der Waals surface area contributed by atoms with E-state index in [-0.39, 0.29) is 25.0 Å². The second kappa shape index (κ2) is 9.34. The van der Waals surface area contributed by atoms with Crippen LogP contribution >= 0.6 is 0 Å². The molecule has 4 aliphatic rings. The van der Waals surface area contributed by atoms with Gasteiger partial charge in [-0.1, -0.05) is 39.0 Å². The van der Waals surface area contributed by atoms with Crippen molar-refractivity contribution in [3.05, 3.63) is 35.9 Å². The highest BCUT2D eigenvalue weighted by molar-refractivity contribution is 6.40. The lowest BCUT2D eigenvalue weighted by molar-refractivity contribution is -0.348. The molecule has 3 N–H and O–H groups in total. The number of carbonyl (C=O) groups excluding carboxylic acids is 4. The monoisotopic (exact) mass is 560 g/mol. The molecule has 0 spiro atoms. The number of hydrogen-bond acceptors (Lipinski definition) is 11. The summed E-state index contributed by atoms with van der Waals surface area (Å²) in [6, 6.07) is 8.00. The first kappa shape index (κ1) is 28.7. The Morgan fingerprint density at radius 2 is 1.73 bits per heavy atom. The van der Waals surface area contributed by atoms with Gasteiger partial charge in [-0.25, -0.2) is 9.59 Å². The summed E-state index contributed by atoms with van der Waals surface area (Å²) in [7, 11) is 1.10. The molecule has 3 saturated carbocycles. The summed E-state index contributed by atoms with van der Waals surface area (Å²) in [6.07, 6.45) is -6.87. The molecule has 0 radical (unpaired) electrons. The molecule has 1 aromatic carbocycles. The average Bonchev–Trinajstić information content (AvgIpc) is 2.91. The lowest BCUT2D eigenvalue weighted by Gasteiger charge is -2.67. The number of Topliss-reactive ketones (excluding diaryl/α,β-unsaturated/α-hetero) is 2. The summed E-state index contributed by atoms with van der Waals surface area (Å²) in [5, 5.41) is 35.2. The number of hydrogen-bond donors (Lipinski definition) is 3. The molecule has 1 aromatic rings. The number of aliphatic hydroxyl groups excluding tert-OH is 2. The smallest absolute Gasteiger partial charge is 0.455 e. The Bertz CT molecular complexity index is 1230. The first-order valence-corrected chi connectivity index (χ1v) is 13.5. The minimum atomic E-state index is -2.11. The molecular weight excluding hydrogens is 524 g/mol. The highest BCUT2D eigenvalue weighted by Crippen LogP contribution is 2.64. The summed E-state index contributed by atoms with van der Waals surface area (Å²) >= 11 is 0. The highest BCUT2D eigenvalue weighted by atomic mass is 16.8. The molecular formula is C29H36O11. The predicted molar refractivity (Wildman–Crippen MR) is 136 cm³/mol. The van der Waals surface area contributed by atoms with E-state index in [0.29, 0.717) is 0 Å². The molecule has 2 bridgehead atoms. The first-order valence-electron chi connectivity index (χ1n) is 13.5. The van der Waals surface area contributed by atoms with Gasteiger partial charge in [0.25, 0.3) is 0 Å². The maximum absolute atomic E-state index is 14.3. The van der Waals surface area contributed by atoms with E-state index in [9.17, 15) is 34.5 Å². The standard InChI is InChI=1S/C29H36O11/c1-14-16(30)12-29(36)23(39-24(34)15-9-7-6-8-10-15)21-27(4,22(33)20(32)19(14)26(29,2)3)17(31)11-18-28(21,13-38-18)40-25(35)37-5/h6-10,14,16-19,21,23,30-31,36H,11-13H2,1-5H3/t14?,16-,17-,18+,19?,21?,23-,27+,28-,29+/m0/s1. The Morgan fingerprint density at radius 3 is 2.30 bits per heavy atom. The number of aliphatic hydroxyl groups is 3. The third-order valence-electron chi connectivity index (χ3n) is 10.4. The molecule has 3 unspecified atom stereocenters. The molecule has 5 rings (SSSR count). The van der Waals surface area contributed by atoms with Crippen molar-refractivity contribution in [2.24, 2.45) is 28.6 Å². The Hall–Kier alpha value is -2.86. The topological polar surface area (TPSA) is 166 Å². The van der Waals surface area contributed by atoms with Crippen LogP contribution in [-0.4, -0.2) is 88.3 Å². The predicted octanol–water partition coefficient (Wildman–Crippen LogP) is 1.45. The molecule has 1 heterocycles. The highest BCUT2D eigenvalue weighted by Gasteiger charge is 2.79. The zero-order chi connectivity index (χ0) is 29.4. The molecule has 1 aliphatic heterocycles. The molecule has 11 nitrogen and oxygen atoms in total. The van der Waals surface area contributed by atoms with Crippen molar-refractivity contribution in [1.82, 2.24) is 0 Å². The molecule has 40 heavy (non-hydrogen) atoms. The number of fused-ring (bicyclic) bond motifs is 5. The van der Waals surface area contributed by atoms with Gasteiger partial charge < -0.3 is 34.3 Å². The molecule has 11 heteroatoms. The Labute approximate surface area is 231 Å². The van der Waals surface area contributed by atoms with Gasteiger partial charge in [0, 0.05) is 24.2 Å². The second-order valence-corrected chi connectivity index (χ2v) is 12.5. The number of ketones is 2. The van der Waals surface area contributed by atoms with Crippen LogP contribution in [0.5, 0.6) is 0 Å². The summed E-state index contributed by atoms with van der Waals surface area (Å²) in [4.78, 5) is 54.4. The lowest BCUT2D eigenvalue weighted by atomic mass is 9.42. The van der Waals surface area contributed by atoms with Gasteiger partial charge in [-0.2, -0.15) is 0 Å². The van der Waals surface area contributed by atoms with Gasteiger partial charge in [-0.3, -0.25) is 9.59 Å². The van der Waals surface area contributed by atoms with Crippen LogP contribution in [0.2, 0.25) is 0 Å². The number of carbonyl (C=O) groups is 4. The van der Waals surface area contributed by atoms with Crippen molar-refractivity contribution >= 4 is 23.7 Å². The minimum Gasteiger partial charge on any atom is -0.455 e. The van der Waals surface area contributed by atoms with Gasteiger partial charge in [0.1, 0.15) is 17.8 Å². The zero-order valence-electron chi connectivity index (χ0n) is 23.2. The number of benzene rings is 1. The first-order chi connectivity index (χ1) is 18.7. The molecule has 4 fully saturated rings. The van der Waals surface area contributed by atoms with Crippen molar-refractivity contribution in [3.63, 3.8) is 0 Å². The lowest BCUT2D eigenvalue weighted by Crippen LogP contribution is -2.82. The van der Waals surface area contributed by atoms with Gasteiger partial charge in [0.2, 0.25) is 11.6 Å². The fraction of sp³-hybridized carbons (Fsp3) is 0.655. The van der Waals surface area contributed by atoms with Crippen molar-refractivity contribution in [3.8, 4) is 0 Å². The quantitative estimate of drug-likeness (QED) is 0.362. The van der Waals surface area contributed by atoms with Gasteiger partial charge in [0.05, 0.1) is 42.8 Å².